The molecule has 2 aromatic carbocycles. The second kappa shape index (κ2) is 6.87. The Bertz CT molecular complexity index is 1040. The lowest BCUT2D eigenvalue weighted by Crippen LogP contribution is -2.48. The van der Waals surface area contributed by atoms with Crippen LogP contribution >= 0.6 is 11.6 Å². The van der Waals surface area contributed by atoms with Crippen LogP contribution in [0.5, 0.6) is 0 Å². The molecule has 5 nitrogen and oxygen atoms in total. The standard InChI is InChI=1S/C19H18ClN3O2S/c20-17-5-1-2-6-18(17)22-10-12-23(13-11-22)26(24,25)19-7-3-4-15-14-21-9-8-16(15)19/h1-9,14H,10-13H2. The Hall–Kier alpha value is -2.15. The summed E-state index contributed by atoms with van der Waals surface area (Å²) in [5, 5.41) is 2.21. The molecule has 0 unspecified atom stereocenters. The fourth-order valence-electron chi connectivity index (χ4n) is 3.33. The minimum absolute atomic E-state index is 0.337. The van der Waals surface area contributed by atoms with E-state index in [0.717, 1.165) is 11.1 Å². The van der Waals surface area contributed by atoms with E-state index < -0.39 is 10.0 Å². The maximum absolute atomic E-state index is 13.2. The Balaban J connectivity index is 1.60. The third-order valence-corrected chi connectivity index (χ3v) is 6.97. The van der Waals surface area contributed by atoms with Crippen molar-refractivity contribution in [2.75, 3.05) is 31.1 Å². The van der Waals surface area contributed by atoms with Crippen LogP contribution in [0.15, 0.2) is 65.8 Å². The zero-order valence-electron chi connectivity index (χ0n) is 14.0. The highest BCUT2D eigenvalue weighted by Crippen LogP contribution is 2.29. The number of sulfonamides is 1. The van der Waals surface area contributed by atoms with E-state index in [9.17, 15) is 8.42 Å². The quantitative estimate of drug-likeness (QED) is 0.691. The van der Waals surface area contributed by atoms with Gasteiger partial charge in [-0.3, -0.25) is 4.98 Å². The predicted molar refractivity (Wildman–Crippen MR) is 104 cm³/mol. The Kier molecular flexibility index (Phi) is 4.56. The first-order valence-corrected chi connectivity index (χ1v) is 10.2. The van der Waals surface area contributed by atoms with Gasteiger partial charge in [-0.2, -0.15) is 4.31 Å². The normalized spacial score (nSPS) is 16.1. The largest absolute Gasteiger partial charge is 0.368 e. The van der Waals surface area contributed by atoms with Crippen LogP contribution in [0.2, 0.25) is 5.02 Å². The molecule has 0 radical (unpaired) electrons. The number of hydrogen-bond donors (Lipinski definition) is 0. The van der Waals surface area contributed by atoms with Crippen LogP contribution in [-0.2, 0) is 10.0 Å². The molecule has 1 aromatic heterocycles. The summed E-state index contributed by atoms with van der Waals surface area (Å²) in [7, 11) is -3.56. The zero-order valence-corrected chi connectivity index (χ0v) is 15.6. The van der Waals surface area contributed by atoms with Crippen molar-refractivity contribution in [3.63, 3.8) is 0 Å². The number of hydrogen-bond acceptors (Lipinski definition) is 4. The molecule has 0 spiro atoms. The molecule has 1 aliphatic heterocycles. The monoisotopic (exact) mass is 387 g/mol. The number of aromatic nitrogens is 1. The lowest BCUT2D eigenvalue weighted by Gasteiger charge is -2.35. The van der Waals surface area contributed by atoms with E-state index in [1.165, 1.54) is 0 Å². The van der Waals surface area contributed by atoms with Gasteiger partial charge in [0, 0.05) is 49.3 Å². The summed E-state index contributed by atoms with van der Waals surface area (Å²) in [6.07, 6.45) is 3.31. The first kappa shape index (κ1) is 17.3. The van der Waals surface area contributed by atoms with Crippen molar-refractivity contribution in [2.45, 2.75) is 4.90 Å². The highest BCUT2D eigenvalue weighted by molar-refractivity contribution is 7.89. The van der Waals surface area contributed by atoms with Gasteiger partial charge in [0.25, 0.3) is 0 Å². The Morgan fingerprint density at radius 3 is 2.46 bits per heavy atom. The average molecular weight is 388 g/mol. The number of para-hydroxylation sites is 1. The first-order valence-electron chi connectivity index (χ1n) is 8.40. The number of rotatable bonds is 3. The van der Waals surface area contributed by atoms with Crippen molar-refractivity contribution in [1.82, 2.24) is 9.29 Å². The van der Waals surface area contributed by atoms with E-state index in [-0.39, 0.29) is 0 Å². The van der Waals surface area contributed by atoms with Gasteiger partial charge in [0.1, 0.15) is 0 Å². The molecule has 1 fully saturated rings. The van der Waals surface area contributed by atoms with Crippen molar-refractivity contribution in [3.05, 3.63) is 65.9 Å². The van der Waals surface area contributed by atoms with E-state index in [1.807, 2.05) is 30.3 Å². The molecule has 0 atom stereocenters. The molecule has 0 aliphatic carbocycles. The summed E-state index contributed by atoms with van der Waals surface area (Å²) in [6, 6.07) is 14.7. The summed E-state index contributed by atoms with van der Waals surface area (Å²) in [4.78, 5) is 6.54. The van der Waals surface area contributed by atoms with Crippen LogP contribution in [0.1, 0.15) is 0 Å². The predicted octanol–water partition coefficient (Wildman–Crippen LogP) is 3.40. The van der Waals surface area contributed by atoms with Gasteiger partial charge in [-0.05, 0) is 24.3 Å². The molecule has 2 heterocycles. The van der Waals surface area contributed by atoms with Crippen LogP contribution in [-0.4, -0.2) is 43.9 Å². The number of nitrogens with zero attached hydrogens (tertiary/aromatic N) is 3. The van der Waals surface area contributed by atoms with Crippen molar-refractivity contribution in [1.29, 1.82) is 0 Å². The average Bonchev–Trinajstić information content (AvgIpc) is 2.68. The summed E-state index contributed by atoms with van der Waals surface area (Å²) in [6.45, 7) is 2.06. The molecule has 0 amide bonds. The van der Waals surface area contributed by atoms with E-state index >= 15 is 0 Å². The highest BCUT2D eigenvalue weighted by Gasteiger charge is 2.30. The Morgan fingerprint density at radius 2 is 1.69 bits per heavy atom. The Morgan fingerprint density at radius 1 is 0.923 bits per heavy atom. The molecule has 134 valence electrons. The van der Waals surface area contributed by atoms with E-state index in [0.29, 0.717) is 41.5 Å². The fourth-order valence-corrected chi connectivity index (χ4v) is 5.23. The van der Waals surface area contributed by atoms with Crippen molar-refractivity contribution in [2.24, 2.45) is 0 Å². The number of halogens is 1. The second-order valence-electron chi connectivity index (χ2n) is 6.20. The third kappa shape index (κ3) is 3.05. The van der Waals surface area contributed by atoms with E-state index in [1.54, 1.807) is 34.9 Å². The van der Waals surface area contributed by atoms with Gasteiger partial charge in [0.05, 0.1) is 15.6 Å². The number of fused-ring (bicyclic) bond motifs is 1. The molecule has 4 rings (SSSR count). The number of piperazine rings is 1. The zero-order chi connectivity index (χ0) is 18.1. The first-order chi connectivity index (χ1) is 12.6. The number of pyridine rings is 1. The van der Waals surface area contributed by atoms with Gasteiger partial charge in [-0.15, -0.1) is 0 Å². The maximum Gasteiger partial charge on any atom is 0.243 e. The van der Waals surface area contributed by atoms with E-state index in [2.05, 4.69) is 9.88 Å². The molecule has 0 saturated carbocycles. The molecule has 1 aliphatic rings. The van der Waals surface area contributed by atoms with Crippen molar-refractivity contribution < 1.29 is 8.42 Å². The lowest BCUT2D eigenvalue weighted by molar-refractivity contribution is 0.385. The number of anilines is 1. The van der Waals surface area contributed by atoms with Crippen molar-refractivity contribution in [3.8, 4) is 0 Å². The highest BCUT2D eigenvalue weighted by atomic mass is 35.5. The minimum Gasteiger partial charge on any atom is -0.368 e. The Labute approximate surface area is 157 Å². The van der Waals surface area contributed by atoms with Crippen LogP contribution in [0.3, 0.4) is 0 Å². The van der Waals surface area contributed by atoms with Crippen LogP contribution in [0, 0.1) is 0 Å². The lowest BCUT2D eigenvalue weighted by atomic mass is 10.2. The third-order valence-electron chi connectivity index (χ3n) is 4.69. The molecule has 7 heteroatoms. The molecule has 0 bridgehead atoms. The van der Waals surface area contributed by atoms with Gasteiger partial charge >= 0.3 is 0 Å². The smallest absolute Gasteiger partial charge is 0.243 e. The van der Waals surface area contributed by atoms with Gasteiger partial charge in [0.15, 0.2) is 0 Å². The SMILES string of the molecule is O=S(=O)(c1cccc2cnccc12)N1CCN(c2ccccc2Cl)CC1. The van der Waals surface area contributed by atoms with Gasteiger partial charge in [-0.1, -0.05) is 35.9 Å². The topological polar surface area (TPSA) is 53.5 Å². The van der Waals surface area contributed by atoms with E-state index in [4.69, 9.17) is 11.6 Å². The summed E-state index contributed by atoms with van der Waals surface area (Å²) in [5.41, 5.74) is 0.947. The number of benzene rings is 2. The fraction of sp³-hybridized carbons (Fsp3) is 0.211. The van der Waals surface area contributed by atoms with Crippen molar-refractivity contribution >= 4 is 38.1 Å². The summed E-state index contributed by atoms with van der Waals surface area (Å²) in [5.74, 6) is 0. The van der Waals surface area contributed by atoms with Gasteiger partial charge in [-0.25, -0.2) is 8.42 Å². The molecular weight excluding hydrogens is 370 g/mol. The molecule has 1 saturated heterocycles. The molecule has 3 aromatic rings. The van der Waals surface area contributed by atoms with Crippen LogP contribution < -0.4 is 4.90 Å². The second-order valence-corrected chi connectivity index (χ2v) is 8.51. The van der Waals surface area contributed by atoms with Crippen LogP contribution in [0.25, 0.3) is 10.8 Å². The summed E-state index contributed by atoms with van der Waals surface area (Å²) < 4.78 is 27.9. The molecule has 26 heavy (non-hydrogen) atoms. The summed E-state index contributed by atoms with van der Waals surface area (Å²) >= 11 is 6.27. The molecule has 0 N–H and O–H groups in total. The minimum atomic E-state index is -3.56. The van der Waals surface area contributed by atoms with Gasteiger partial charge < -0.3 is 4.90 Å². The molecular formula is C19H18ClN3O2S. The maximum atomic E-state index is 13.2. The van der Waals surface area contributed by atoms with Crippen LogP contribution in [0.4, 0.5) is 5.69 Å². The van der Waals surface area contributed by atoms with Gasteiger partial charge in [0.2, 0.25) is 10.0 Å².